The van der Waals surface area contributed by atoms with E-state index in [1.807, 2.05) is 104 Å². The van der Waals surface area contributed by atoms with Crippen LogP contribution in [-0.4, -0.2) is 53.2 Å². The maximum atomic E-state index is 13.7. The number of aryl methyl sites for hydroxylation is 17. The molecule has 7 heterocycles. The minimum absolute atomic E-state index is 0. The molecule has 0 amide bonds. The van der Waals surface area contributed by atoms with Crippen LogP contribution >= 0.6 is 0 Å². The van der Waals surface area contributed by atoms with Crippen molar-refractivity contribution in [2.24, 2.45) is 5.90 Å². The third-order valence-corrected chi connectivity index (χ3v) is 24.1. The molecule has 0 aliphatic carbocycles. The molecule has 0 aliphatic heterocycles. The topological polar surface area (TPSA) is 145 Å². The molecule has 0 bridgehead atoms. The van der Waals surface area contributed by atoms with Crippen LogP contribution in [0.2, 0.25) is 0 Å². The van der Waals surface area contributed by atoms with Crippen molar-refractivity contribution >= 4 is 0 Å². The first-order valence-electron chi connectivity index (χ1n) is 45.8. The first-order valence-corrected chi connectivity index (χ1v) is 45.8. The van der Waals surface area contributed by atoms with Gasteiger partial charge in [-0.1, -0.05) is 198 Å². The average Bonchev–Trinajstić information content (AvgIpc) is 1.66. The number of hydrogen-bond acceptors (Lipinski definition) is 9. The van der Waals surface area contributed by atoms with Crippen LogP contribution in [0.25, 0.3) is 136 Å². The second-order valence-electron chi connectivity index (χ2n) is 34.6. The molecular weight excluding hydrogens is 2490 g/mol. The van der Waals surface area contributed by atoms with Gasteiger partial charge in [0, 0.05) is 157 Å². The summed E-state index contributed by atoms with van der Waals surface area (Å²) in [5.41, 5.74) is 40.3. The smallest absolute Gasteiger partial charge is 0.135 e. The van der Waals surface area contributed by atoms with Crippen molar-refractivity contribution in [3.8, 4) is 142 Å². The quantitative estimate of drug-likeness (QED) is 0.0459. The Bertz CT molecular complexity index is 7340. The number of para-hydroxylation sites is 2. The number of imidazole rings is 4. The van der Waals surface area contributed by atoms with Crippen LogP contribution in [-0.2, 0) is 80.4 Å². The molecule has 7 aromatic heterocycles. The van der Waals surface area contributed by atoms with Gasteiger partial charge in [-0.3, -0.25) is 33.7 Å². The summed E-state index contributed by atoms with van der Waals surface area (Å²) >= 11 is 0. The van der Waals surface area contributed by atoms with Gasteiger partial charge in [0.15, 0.2) is 0 Å². The van der Waals surface area contributed by atoms with Gasteiger partial charge in [0.1, 0.15) is 17.6 Å². The molecule has 730 valence electrons. The third kappa shape index (κ3) is 24.9. The third-order valence-electron chi connectivity index (χ3n) is 24.1. The van der Waals surface area contributed by atoms with E-state index in [-0.39, 0.29) is 91.5 Å². The molecule has 21 heteroatoms. The van der Waals surface area contributed by atoms with Crippen LogP contribution in [0.5, 0.6) is 5.75 Å². The number of hydrogen-bond donors (Lipinski definition) is 1. The fourth-order valence-corrected chi connectivity index (χ4v) is 18.3. The zero-order valence-electron chi connectivity index (χ0n) is 82.3. The van der Waals surface area contributed by atoms with E-state index in [1.54, 1.807) is 36.4 Å². The van der Waals surface area contributed by atoms with Crippen LogP contribution in [0.4, 0.5) is 17.6 Å². The Balaban J connectivity index is 0.000000165. The fraction of sp³-hybridized carbons (Fsp3) is 0.139. The van der Waals surface area contributed by atoms with Gasteiger partial charge in [-0.05, 0) is 225 Å². The number of benzene rings is 13. The van der Waals surface area contributed by atoms with Crippen LogP contribution in [0, 0.1) is 178 Å². The molecule has 2 N–H and O–H groups in total. The molecule has 20 aromatic rings. The van der Waals surface area contributed by atoms with E-state index in [0.717, 1.165) is 86.0 Å². The predicted octanol–water partition coefficient (Wildman–Crippen LogP) is 29.6. The number of nitrogens with two attached hydrogens (primary N) is 1. The normalized spacial score (nSPS) is 10.5. The molecule has 0 saturated heterocycles. The summed E-state index contributed by atoms with van der Waals surface area (Å²) in [7, 11) is 0. The van der Waals surface area contributed by atoms with Gasteiger partial charge in [-0.15, -0.1) is 162 Å². The molecule has 0 spiro atoms. The van der Waals surface area contributed by atoms with Gasteiger partial charge >= 0.3 is 0 Å². The molecule has 13 nitrogen and oxygen atoms in total. The molecular formula is C122H106F4Ir4N12O-6. The summed E-state index contributed by atoms with van der Waals surface area (Å²) in [4.78, 5) is 34.3. The van der Waals surface area contributed by atoms with Crippen molar-refractivity contribution in [2.45, 2.75) is 118 Å². The molecule has 4 radical (unpaired) electrons. The molecule has 0 unspecified atom stereocenters. The van der Waals surface area contributed by atoms with Crippen LogP contribution in [0.3, 0.4) is 0 Å². The van der Waals surface area contributed by atoms with Gasteiger partial charge in [0.05, 0.1) is 57.7 Å². The minimum atomic E-state index is -0.916. The Morgan fingerprint density at radius 1 is 0.280 bits per heavy atom. The second-order valence-corrected chi connectivity index (χ2v) is 34.6. The summed E-state index contributed by atoms with van der Waals surface area (Å²) in [6, 6.07) is 112. The first kappa shape index (κ1) is 110. The minimum Gasteiger partial charge on any atom is -0.425 e. The molecule has 20 rings (SSSR count). The molecule has 0 fully saturated rings. The van der Waals surface area contributed by atoms with Crippen molar-refractivity contribution in [3.63, 3.8) is 0 Å². The standard InChI is InChI=1S/C27H27N2.2C25H23N2.C24H21N2.C11H7F2N2O.C10H5F2N2.4Ir/c1-17-12-19(3)25(20(4)13-17)24-16-28-27(23-10-8-7-9-11-23)29(24)26-21(5)14-18(2)15-22(26)6;2*1-17-10-8-11-18(2)23(17)22-16-26-25(21-14-6-5-7-15-21)27(22)24-19(3)12-9-13-20(24)4;1-17-14-18(2)23(19(3)15-17)26-22(20-10-6-4-7-11-20)16-25-24(26)21-12-8-5-9-13-21;12-8-5-4-7(10(13)11(8)16-14)9-3-1-2-6-15-9;11-9-5-4-7(10(12)14-9)8-3-1-2-6-13-8;;;;/h7-10,12-16H,1-6H3;2*5-14,16H,1-4H3;4-12,14-16H,1-3H3;1-3,5-6H,14H2;1-3,5-6H;;;;/q6*-1;;;;. The summed E-state index contributed by atoms with van der Waals surface area (Å²) in [6.07, 6.45) is 11.0. The SMILES string of the molecule is Cc1cc(C)c(-c2cnc(-c3[c-]cccc3)n2-c2c(C)cc(C)cc2C)c(C)c1.Cc1cc(C)c(-n2c(-c3ccccc3)cnc2-c2[c-]cccc2)c(C)c1.Cc1cccc(C)c1-c1cnc(-c2[c-]cccc2)n1-c1c(C)cccc1C.Cc1cccc(C)c1-c1cnc(-c2[c-]cccc2)n1-c1c(C)cccc1C.Fc1c[c-]c(-c2ccccn2)c(F)n1.NOc1c(F)c[c-]c(-c2ccccn2)c1F.[Ir].[Ir].[Ir].[Ir]. The number of pyridine rings is 3. The average molecular weight is 2600 g/mol. The zero-order valence-corrected chi connectivity index (χ0v) is 91.9. The second kappa shape index (κ2) is 50.3. The van der Waals surface area contributed by atoms with Crippen LogP contribution in [0.15, 0.2) is 322 Å². The molecule has 0 aliphatic rings. The summed E-state index contributed by atoms with van der Waals surface area (Å²) < 4.78 is 61.5. The van der Waals surface area contributed by atoms with E-state index in [2.05, 4.69) is 350 Å². The van der Waals surface area contributed by atoms with E-state index >= 15 is 0 Å². The number of rotatable bonds is 15. The fourth-order valence-electron chi connectivity index (χ4n) is 18.3. The predicted molar refractivity (Wildman–Crippen MR) is 553 cm³/mol. The van der Waals surface area contributed by atoms with Gasteiger partial charge in [0.2, 0.25) is 0 Å². The van der Waals surface area contributed by atoms with E-state index < -0.39 is 29.3 Å². The van der Waals surface area contributed by atoms with E-state index in [0.29, 0.717) is 11.4 Å². The zero-order chi connectivity index (χ0) is 98.2. The van der Waals surface area contributed by atoms with Gasteiger partial charge in [-0.25, -0.2) is 8.78 Å². The Labute approximate surface area is 890 Å². The van der Waals surface area contributed by atoms with E-state index in [4.69, 9.17) is 25.8 Å². The van der Waals surface area contributed by atoms with Gasteiger partial charge in [-0.2, -0.15) is 5.90 Å². The van der Waals surface area contributed by atoms with Gasteiger partial charge in [0.25, 0.3) is 0 Å². The first-order chi connectivity index (χ1) is 67.2. The summed E-state index contributed by atoms with van der Waals surface area (Å²) in [5.74, 6) is 4.23. The van der Waals surface area contributed by atoms with Crippen molar-refractivity contribution in [1.82, 2.24) is 53.2 Å². The van der Waals surface area contributed by atoms with E-state index in [1.165, 1.54) is 146 Å². The summed E-state index contributed by atoms with van der Waals surface area (Å²) in [5, 5.41) is 0. The van der Waals surface area contributed by atoms with Gasteiger partial charge < -0.3 is 33.1 Å². The van der Waals surface area contributed by atoms with Crippen molar-refractivity contribution in [1.29, 1.82) is 0 Å². The van der Waals surface area contributed by atoms with Crippen LogP contribution < -0.4 is 10.7 Å². The largest absolute Gasteiger partial charge is 0.425 e. The van der Waals surface area contributed by atoms with Crippen molar-refractivity contribution in [2.75, 3.05) is 0 Å². The maximum Gasteiger partial charge on any atom is 0.135 e. The van der Waals surface area contributed by atoms with Crippen LogP contribution in [0.1, 0.15) is 94.6 Å². The number of aromatic nitrogens is 11. The van der Waals surface area contributed by atoms with Crippen molar-refractivity contribution < 1.29 is 103 Å². The summed E-state index contributed by atoms with van der Waals surface area (Å²) in [6.45, 7) is 36.8. The Morgan fingerprint density at radius 3 is 0.895 bits per heavy atom. The Hall–Kier alpha value is -13.8. The Kier molecular flexibility index (Phi) is 38.5. The number of halogens is 4. The molecule has 0 saturated carbocycles. The maximum absolute atomic E-state index is 13.7. The molecule has 143 heavy (non-hydrogen) atoms. The van der Waals surface area contributed by atoms with E-state index in [9.17, 15) is 17.6 Å². The monoisotopic (exact) mass is 2600 g/mol. The molecule has 0 atom stereocenters. The van der Waals surface area contributed by atoms with Crippen molar-refractivity contribution in [3.05, 3.63) is 477 Å². The molecule has 13 aromatic carbocycles. The number of nitrogens with zero attached hydrogens (tertiary/aromatic N) is 11. The Morgan fingerprint density at radius 2 is 0.573 bits per heavy atom.